The van der Waals surface area contributed by atoms with E-state index in [4.69, 9.17) is 4.74 Å². The van der Waals surface area contributed by atoms with Crippen LogP contribution in [0.2, 0.25) is 0 Å². The third kappa shape index (κ3) is 3.28. The summed E-state index contributed by atoms with van der Waals surface area (Å²) in [5.74, 6) is 1.97. The highest BCUT2D eigenvalue weighted by atomic mass is 32.2. The van der Waals surface area contributed by atoms with Crippen molar-refractivity contribution in [3.63, 3.8) is 0 Å². The van der Waals surface area contributed by atoms with E-state index in [1.54, 1.807) is 0 Å². The summed E-state index contributed by atoms with van der Waals surface area (Å²) >= 11 is 0. The summed E-state index contributed by atoms with van der Waals surface area (Å²) in [7, 11) is -0.0275. The van der Waals surface area contributed by atoms with Gasteiger partial charge in [-0.25, -0.2) is 0 Å². The zero-order valence-electron chi connectivity index (χ0n) is 12.7. The van der Waals surface area contributed by atoms with Crippen LogP contribution in [0.15, 0.2) is 82.5 Å². The van der Waals surface area contributed by atoms with Crippen molar-refractivity contribution < 1.29 is 4.74 Å². The summed E-state index contributed by atoms with van der Waals surface area (Å²) in [6.07, 6.45) is 9.00. The molecule has 0 fully saturated rings. The molecule has 0 saturated carbocycles. The number of para-hydroxylation sites is 2. The van der Waals surface area contributed by atoms with E-state index in [0.29, 0.717) is 0 Å². The number of rotatable bonds is 6. The molecule has 0 unspecified atom stereocenters. The van der Waals surface area contributed by atoms with Gasteiger partial charge in [0.2, 0.25) is 9.79 Å². The molecule has 0 spiro atoms. The molecule has 0 atom stereocenters. The van der Waals surface area contributed by atoms with E-state index >= 15 is 0 Å². The van der Waals surface area contributed by atoms with Crippen molar-refractivity contribution in [3.05, 3.63) is 72.7 Å². The van der Waals surface area contributed by atoms with Gasteiger partial charge >= 0.3 is 0 Å². The molecule has 0 N–H and O–H groups in total. The summed E-state index contributed by atoms with van der Waals surface area (Å²) in [5.41, 5.74) is 0. The maximum atomic E-state index is 6.03. The Bertz CT molecular complexity index is 629. The molecule has 0 radical (unpaired) electrons. The molecule has 2 aromatic rings. The van der Waals surface area contributed by atoms with Crippen LogP contribution in [-0.2, 0) is 10.9 Å². The highest BCUT2D eigenvalue weighted by Crippen LogP contribution is 2.43. The second kappa shape index (κ2) is 7.37. The highest BCUT2D eigenvalue weighted by Gasteiger charge is 2.34. The second-order valence-corrected chi connectivity index (χ2v) is 7.11. The second-order valence-electron chi connectivity index (χ2n) is 5.28. The lowest BCUT2D eigenvalue weighted by atomic mass is 10.2. The molecule has 0 bridgehead atoms. The van der Waals surface area contributed by atoms with E-state index in [0.717, 1.165) is 24.3 Å². The van der Waals surface area contributed by atoms with Crippen molar-refractivity contribution in [2.75, 3.05) is 0 Å². The molecule has 0 aliphatic carbocycles. The first kappa shape index (κ1) is 15.0. The molecule has 1 heterocycles. The number of fused-ring (bicyclic) bond motifs is 2. The molecular formula is C20H21OS+. The quantitative estimate of drug-likeness (QED) is 0.356. The van der Waals surface area contributed by atoms with Crippen LogP contribution in [0.25, 0.3) is 0 Å². The number of allylic oxidation sites excluding steroid dienone is 2. The fourth-order valence-electron chi connectivity index (χ4n) is 2.53. The lowest BCUT2D eigenvalue weighted by Crippen LogP contribution is -2.09. The normalized spacial score (nSPS) is 13.5. The molecule has 3 rings (SSSR count). The van der Waals surface area contributed by atoms with Crippen LogP contribution < -0.4 is 4.74 Å². The van der Waals surface area contributed by atoms with E-state index in [2.05, 4.69) is 54.5 Å². The third-order valence-electron chi connectivity index (χ3n) is 3.65. The summed E-state index contributed by atoms with van der Waals surface area (Å²) in [6, 6.07) is 16.7. The van der Waals surface area contributed by atoms with E-state index < -0.39 is 0 Å². The van der Waals surface area contributed by atoms with Crippen molar-refractivity contribution in [1.29, 1.82) is 0 Å². The van der Waals surface area contributed by atoms with Gasteiger partial charge in [-0.15, -0.1) is 6.58 Å². The molecule has 1 nitrogen and oxygen atoms in total. The highest BCUT2D eigenvalue weighted by molar-refractivity contribution is 8.00. The Hall–Kier alpha value is -1.93. The molecule has 2 aromatic carbocycles. The largest absolute Gasteiger partial charge is 0.447 e. The topological polar surface area (TPSA) is 9.23 Å². The number of hydrogen-bond donors (Lipinski definition) is 0. The van der Waals surface area contributed by atoms with Crippen LogP contribution in [0.3, 0.4) is 0 Å². The fourth-order valence-corrected chi connectivity index (χ4v) is 4.49. The number of unbranched alkanes of at least 4 members (excludes halogenated alkanes) is 3. The average Bonchev–Trinajstić information content (AvgIpc) is 2.57. The lowest BCUT2D eigenvalue weighted by molar-refractivity contribution is 0.453. The fraction of sp³-hybridized carbons (Fsp3) is 0.200. The molecule has 0 aromatic heterocycles. The first-order chi connectivity index (χ1) is 10.9. The summed E-state index contributed by atoms with van der Waals surface area (Å²) < 4.78 is 6.03. The molecule has 1 aliphatic heterocycles. The lowest BCUT2D eigenvalue weighted by Gasteiger charge is -2.17. The molecule has 2 heteroatoms. The first-order valence-corrected chi connectivity index (χ1v) is 9.05. The van der Waals surface area contributed by atoms with Gasteiger partial charge in [0.1, 0.15) is 5.41 Å². The number of hydrogen-bond acceptors (Lipinski definition) is 1. The van der Waals surface area contributed by atoms with Crippen molar-refractivity contribution >= 4 is 10.9 Å². The van der Waals surface area contributed by atoms with Crippen LogP contribution in [-0.4, -0.2) is 0 Å². The Balaban J connectivity index is 1.80. The predicted molar refractivity (Wildman–Crippen MR) is 94.7 cm³/mol. The van der Waals surface area contributed by atoms with Crippen LogP contribution in [0, 0.1) is 0 Å². The van der Waals surface area contributed by atoms with Crippen LogP contribution in [0.1, 0.15) is 25.7 Å². The van der Waals surface area contributed by atoms with Crippen LogP contribution in [0.4, 0.5) is 0 Å². The maximum absolute atomic E-state index is 6.03. The van der Waals surface area contributed by atoms with Gasteiger partial charge in [0, 0.05) is 0 Å². The zero-order chi connectivity index (χ0) is 15.2. The van der Waals surface area contributed by atoms with Crippen LogP contribution in [0.5, 0.6) is 11.5 Å². The van der Waals surface area contributed by atoms with Gasteiger partial charge in [-0.1, -0.05) is 30.3 Å². The van der Waals surface area contributed by atoms with Gasteiger partial charge in [0.25, 0.3) is 0 Å². The van der Waals surface area contributed by atoms with Gasteiger partial charge in [-0.2, -0.15) is 0 Å². The van der Waals surface area contributed by atoms with Gasteiger partial charge in [-0.3, -0.25) is 0 Å². The Kier molecular flexibility index (Phi) is 5.02. The number of ether oxygens (including phenoxy) is 1. The Morgan fingerprint density at radius 1 is 0.864 bits per heavy atom. The molecule has 112 valence electrons. The minimum atomic E-state index is -0.0275. The predicted octanol–water partition coefficient (Wildman–Crippen LogP) is 6.09. The van der Waals surface area contributed by atoms with Gasteiger partial charge in [-0.05, 0) is 56.0 Å². The molecule has 0 amide bonds. The van der Waals surface area contributed by atoms with E-state index in [-0.39, 0.29) is 10.9 Å². The molecular weight excluding hydrogens is 288 g/mol. The number of benzene rings is 2. The minimum Gasteiger partial charge on any atom is -0.447 e. The first-order valence-electron chi connectivity index (χ1n) is 7.76. The summed E-state index contributed by atoms with van der Waals surface area (Å²) in [6.45, 7) is 3.77. The molecule has 0 saturated heterocycles. The van der Waals surface area contributed by atoms with Gasteiger partial charge in [0.15, 0.2) is 11.5 Å². The van der Waals surface area contributed by atoms with E-state index in [1.807, 2.05) is 18.2 Å². The molecule has 22 heavy (non-hydrogen) atoms. The van der Waals surface area contributed by atoms with Crippen LogP contribution >= 0.6 is 0 Å². The van der Waals surface area contributed by atoms with Crippen molar-refractivity contribution in [2.24, 2.45) is 0 Å². The Morgan fingerprint density at radius 3 is 2.09 bits per heavy atom. The minimum absolute atomic E-state index is 0.0275. The standard InChI is InChI=1S/C20H21OS/c1-2-3-4-5-6-11-16-22-19-14-9-7-12-17(19)21-18-13-8-10-15-20(18)22/h2,7-16H,1,3-6H2/q+1/b16-11+. The van der Waals surface area contributed by atoms with E-state index in [1.165, 1.54) is 22.6 Å². The zero-order valence-corrected chi connectivity index (χ0v) is 13.5. The maximum Gasteiger partial charge on any atom is 0.208 e. The third-order valence-corrected chi connectivity index (χ3v) is 5.74. The van der Waals surface area contributed by atoms with Gasteiger partial charge < -0.3 is 4.74 Å². The van der Waals surface area contributed by atoms with Crippen molar-refractivity contribution in [1.82, 2.24) is 0 Å². The van der Waals surface area contributed by atoms with Crippen molar-refractivity contribution in [2.45, 2.75) is 35.5 Å². The Morgan fingerprint density at radius 2 is 1.45 bits per heavy atom. The molecule has 1 aliphatic rings. The van der Waals surface area contributed by atoms with Gasteiger partial charge in [0.05, 0.1) is 10.9 Å². The average molecular weight is 309 g/mol. The monoisotopic (exact) mass is 309 g/mol. The van der Waals surface area contributed by atoms with Crippen molar-refractivity contribution in [3.8, 4) is 11.5 Å². The smallest absolute Gasteiger partial charge is 0.208 e. The van der Waals surface area contributed by atoms with E-state index in [9.17, 15) is 0 Å². The summed E-state index contributed by atoms with van der Waals surface area (Å²) in [4.78, 5) is 2.56. The SMILES string of the molecule is C=CCCCC/C=C/[S+]1c2ccccc2Oc2ccccc21. The summed E-state index contributed by atoms with van der Waals surface area (Å²) in [5, 5.41) is 2.36. The Labute approximate surface area is 135 Å².